The van der Waals surface area contributed by atoms with Crippen LogP contribution in [0.4, 0.5) is 19.0 Å². The third-order valence-corrected chi connectivity index (χ3v) is 8.41. The van der Waals surface area contributed by atoms with E-state index in [4.69, 9.17) is 26.3 Å². The molecule has 0 unspecified atom stereocenters. The minimum atomic E-state index is -4.62. The minimum absolute atomic E-state index is 0.155. The molecule has 0 amide bonds. The van der Waals surface area contributed by atoms with Crippen LogP contribution in [0.2, 0.25) is 5.02 Å². The zero-order chi connectivity index (χ0) is 29.7. The number of alkyl halides is 3. The van der Waals surface area contributed by atoms with E-state index in [1.54, 1.807) is 22.9 Å². The number of hydrogen-bond acceptors (Lipinski definition) is 7. The third-order valence-electron chi connectivity index (χ3n) is 8.08. The standard InChI is InChI=1S/C29H35ClF3N5O3/c1-6-7-19(39)13-40-20-8-9-23(30)22(10-20)26-34-24(25-16(2)18(4)36-37(25)5)17(3)27(35-26)38-14-28(15-38)11-21(12-28)41-29(31,32)33/h8-10,19,21,39H,6-7,11-15H2,1-5H3/t19-/m1/s1. The molecule has 0 bridgehead atoms. The Morgan fingerprint density at radius 3 is 2.46 bits per heavy atom. The molecule has 1 aliphatic heterocycles. The fraction of sp³-hybridized carbons (Fsp3) is 0.552. The summed E-state index contributed by atoms with van der Waals surface area (Å²) in [5, 5.41) is 15.1. The lowest BCUT2D eigenvalue weighted by molar-refractivity contribution is -0.360. The summed E-state index contributed by atoms with van der Waals surface area (Å²) >= 11 is 6.65. The predicted molar refractivity (Wildman–Crippen MR) is 150 cm³/mol. The first kappa shape index (κ1) is 29.6. The maximum atomic E-state index is 12.7. The van der Waals surface area contributed by atoms with Crippen molar-refractivity contribution in [2.24, 2.45) is 12.5 Å². The highest BCUT2D eigenvalue weighted by molar-refractivity contribution is 6.33. The SMILES string of the molecule is CCC[C@@H](O)COc1ccc(Cl)c(-c2nc(-c3c(C)c(C)nn3C)c(C)c(N3CC4(CC(OC(F)(F)F)C4)C3)n2)c1. The van der Waals surface area contributed by atoms with Crippen LogP contribution < -0.4 is 9.64 Å². The van der Waals surface area contributed by atoms with E-state index in [0.29, 0.717) is 66.0 Å². The van der Waals surface area contributed by atoms with Crippen molar-refractivity contribution in [2.75, 3.05) is 24.6 Å². The first-order chi connectivity index (χ1) is 19.3. The molecule has 8 nitrogen and oxygen atoms in total. The smallest absolute Gasteiger partial charge is 0.491 e. The van der Waals surface area contributed by atoms with E-state index >= 15 is 0 Å². The molecule has 12 heteroatoms. The van der Waals surface area contributed by atoms with Gasteiger partial charge in [-0.15, -0.1) is 13.2 Å². The normalized spacial score (nSPS) is 17.5. The fourth-order valence-corrected chi connectivity index (χ4v) is 6.19. The summed E-state index contributed by atoms with van der Waals surface area (Å²) in [5.41, 5.74) is 4.65. The lowest BCUT2D eigenvalue weighted by Crippen LogP contribution is -2.65. The van der Waals surface area contributed by atoms with Gasteiger partial charge in [0.25, 0.3) is 0 Å². The number of aryl methyl sites for hydroxylation is 2. The summed E-state index contributed by atoms with van der Waals surface area (Å²) in [6.07, 6.45) is -3.78. The maximum Gasteiger partial charge on any atom is 0.522 e. The van der Waals surface area contributed by atoms with Crippen molar-refractivity contribution in [1.82, 2.24) is 19.7 Å². The minimum Gasteiger partial charge on any atom is -0.491 e. The molecule has 2 aliphatic rings. The van der Waals surface area contributed by atoms with Crippen LogP contribution in [0.1, 0.15) is 49.4 Å². The number of hydrogen-bond donors (Lipinski definition) is 1. The Bertz CT molecular complexity index is 1430. The summed E-state index contributed by atoms with van der Waals surface area (Å²) < 4.78 is 49.9. The van der Waals surface area contributed by atoms with Gasteiger partial charge in [0, 0.05) is 36.7 Å². The molecule has 3 aromatic rings. The molecular weight excluding hydrogens is 559 g/mol. The van der Waals surface area contributed by atoms with Crippen LogP contribution in [0, 0.1) is 26.2 Å². The molecule has 41 heavy (non-hydrogen) atoms. The number of benzene rings is 1. The van der Waals surface area contributed by atoms with Gasteiger partial charge < -0.3 is 14.7 Å². The van der Waals surface area contributed by atoms with Crippen molar-refractivity contribution >= 4 is 17.4 Å². The molecule has 1 aliphatic carbocycles. The second kappa shape index (κ2) is 11.1. The van der Waals surface area contributed by atoms with Crippen molar-refractivity contribution in [3.05, 3.63) is 40.0 Å². The van der Waals surface area contributed by atoms with E-state index in [1.807, 2.05) is 34.7 Å². The third kappa shape index (κ3) is 6.03. The quantitative estimate of drug-likeness (QED) is 0.318. The van der Waals surface area contributed by atoms with Gasteiger partial charge in [-0.1, -0.05) is 24.9 Å². The second-order valence-corrected chi connectivity index (χ2v) is 11.8. The van der Waals surface area contributed by atoms with Gasteiger partial charge in [-0.2, -0.15) is 5.10 Å². The summed E-state index contributed by atoms with van der Waals surface area (Å²) in [6, 6.07) is 5.22. The highest BCUT2D eigenvalue weighted by atomic mass is 35.5. The highest BCUT2D eigenvalue weighted by Crippen LogP contribution is 2.52. The molecule has 1 N–H and O–H groups in total. The average Bonchev–Trinajstić information content (AvgIpc) is 3.10. The Hall–Kier alpha value is -2.89. The van der Waals surface area contributed by atoms with E-state index in [2.05, 4.69) is 14.7 Å². The van der Waals surface area contributed by atoms with E-state index in [9.17, 15) is 18.3 Å². The molecule has 3 heterocycles. The number of anilines is 1. The highest BCUT2D eigenvalue weighted by Gasteiger charge is 2.56. The molecule has 1 spiro atoms. The zero-order valence-corrected chi connectivity index (χ0v) is 24.6. The van der Waals surface area contributed by atoms with Crippen molar-refractivity contribution in [1.29, 1.82) is 0 Å². The predicted octanol–water partition coefficient (Wildman–Crippen LogP) is 6.17. The van der Waals surface area contributed by atoms with Crippen LogP contribution in [0.3, 0.4) is 0 Å². The van der Waals surface area contributed by atoms with E-state index in [0.717, 1.165) is 28.9 Å². The van der Waals surface area contributed by atoms with Gasteiger partial charge in [0.1, 0.15) is 18.2 Å². The lowest BCUT2D eigenvalue weighted by atomic mass is 9.61. The summed E-state index contributed by atoms with van der Waals surface area (Å²) in [4.78, 5) is 12.0. The van der Waals surface area contributed by atoms with Crippen LogP contribution in [-0.2, 0) is 11.8 Å². The average molecular weight is 594 g/mol. The van der Waals surface area contributed by atoms with E-state index in [1.165, 1.54) is 0 Å². The molecule has 1 atom stereocenters. The van der Waals surface area contributed by atoms with Crippen LogP contribution in [-0.4, -0.2) is 63.1 Å². The molecular formula is C29H35ClF3N5O3. The van der Waals surface area contributed by atoms with Gasteiger partial charge in [0.15, 0.2) is 5.82 Å². The Morgan fingerprint density at radius 1 is 1.15 bits per heavy atom. The Labute approximate surface area is 242 Å². The Balaban J connectivity index is 1.49. The number of rotatable bonds is 9. The van der Waals surface area contributed by atoms with Gasteiger partial charge >= 0.3 is 6.36 Å². The number of aliphatic hydroxyl groups excluding tert-OH is 1. The van der Waals surface area contributed by atoms with Crippen LogP contribution in [0.25, 0.3) is 22.8 Å². The topological polar surface area (TPSA) is 85.5 Å². The van der Waals surface area contributed by atoms with Crippen molar-refractivity contribution < 1.29 is 27.8 Å². The monoisotopic (exact) mass is 593 g/mol. The maximum absolute atomic E-state index is 12.7. The molecule has 1 aromatic carbocycles. The van der Waals surface area contributed by atoms with E-state index < -0.39 is 18.6 Å². The number of halogens is 4. The number of aliphatic hydroxyl groups is 1. The number of nitrogens with zero attached hydrogens (tertiary/aromatic N) is 5. The summed E-state index contributed by atoms with van der Waals surface area (Å²) in [5.74, 6) is 1.64. The molecule has 0 radical (unpaired) electrons. The molecule has 2 aromatic heterocycles. The second-order valence-electron chi connectivity index (χ2n) is 11.4. The Morgan fingerprint density at radius 2 is 1.85 bits per heavy atom. The largest absolute Gasteiger partial charge is 0.522 e. The van der Waals surface area contributed by atoms with Crippen molar-refractivity contribution in [3.8, 4) is 28.5 Å². The molecule has 2 fully saturated rings. The summed E-state index contributed by atoms with van der Waals surface area (Å²) in [6.45, 7) is 9.20. The summed E-state index contributed by atoms with van der Waals surface area (Å²) in [7, 11) is 1.87. The number of ether oxygens (including phenoxy) is 2. The van der Waals surface area contributed by atoms with Gasteiger partial charge in [-0.05, 0) is 63.8 Å². The first-order valence-corrected chi connectivity index (χ1v) is 14.2. The zero-order valence-electron chi connectivity index (χ0n) is 23.8. The van der Waals surface area contributed by atoms with Crippen LogP contribution in [0.5, 0.6) is 5.75 Å². The van der Waals surface area contributed by atoms with Crippen molar-refractivity contribution in [3.63, 3.8) is 0 Å². The lowest BCUT2D eigenvalue weighted by Gasteiger charge is -2.59. The van der Waals surface area contributed by atoms with Crippen LogP contribution >= 0.6 is 11.6 Å². The van der Waals surface area contributed by atoms with E-state index in [-0.39, 0.29) is 12.0 Å². The van der Waals surface area contributed by atoms with Gasteiger partial charge in [0.2, 0.25) is 0 Å². The molecule has 1 saturated heterocycles. The van der Waals surface area contributed by atoms with Gasteiger partial charge in [-0.25, -0.2) is 9.97 Å². The van der Waals surface area contributed by atoms with Gasteiger partial charge in [0.05, 0.1) is 34.3 Å². The van der Waals surface area contributed by atoms with Crippen LogP contribution in [0.15, 0.2) is 18.2 Å². The molecule has 5 rings (SSSR count). The molecule has 222 valence electrons. The molecule has 1 saturated carbocycles. The van der Waals surface area contributed by atoms with Gasteiger partial charge in [-0.3, -0.25) is 9.42 Å². The number of aromatic nitrogens is 4. The van der Waals surface area contributed by atoms with Crippen molar-refractivity contribution in [2.45, 2.75) is 71.9 Å². The first-order valence-electron chi connectivity index (χ1n) is 13.8. The fourth-order valence-electron chi connectivity index (χ4n) is 5.98. The Kier molecular flexibility index (Phi) is 7.99.